The van der Waals surface area contributed by atoms with Crippen LogP contribution in [-0.4, -0.2) is 32.1 Å². The lowest BCUT2D eigenvalue weighted by atomic mass is 9.98. The second-order valence-electron chi connectivity index (χ2n) is 8.47. The van der Waals surface area contributed by atoms with Crippen molar-refractivity contribution < 1.29 is 9.53 Å². The minimum absolute atomic E-state index is 0.0253. The number of nitrogens with zero attached hydrogens (tertiary/aromatic N) is 3. The number of rotatable bonds is 5. The van der Waals surface area contributed by atoms with Crippen LogP contribution in [0.25, 0.3) is 5.69 Å². The first-order valence-electron chi connectivity index (χ1n) is 11.1. The Labute approximate surface area is 215 Å². The van der Waals surface area contributed by atoms with Crippen LogP contribution in [-0.2, 0) is 13.0 Å². The maximum Gasteiger partial charge on any atom is 0.349 e. The van der Waals surface area contributed by atoms with Crippen LogP contribution < -0.4 is 16.0 Å². The number of ether oxygens (including phenoxy) is 1. The summed E-state index contributed by atoms with van der Waals surface area (Å²) in [6.45, 7) is 3.19. The number of H-pyrrole nitrogens is 1. The quantitative estimate of drug-likeness (QED) is 0.415. The molecule has 1 aromatic heterocycles. The van der Waals surface area contributed by atoms with Crippen molar-refractivity contribution in [1.29, 1.82) is 0 Å². The van der Waals surface area contributed by atoms with Gasteiger partial charge in [-0.3, -0.25) is 14.6 Å². The van der Waals surface area contributed by atoms with E-state index in [0.29, 0.717) is 30.8 Å². The lowest BCUT2D eigenvalue weighted by Crippen LogP contribution is -2.37. The summed E-state index contributed by atoms with van der Waals surface area (Å²) in [5, 5.41) is 4.10. The molecule has 10 heteroatoms. The summed E-state index contributed by atoms with van der Waals surface area (Å²) in [6, 6.07) is 16.3. The molecule has 8 nitrogen and oxygen atoms in total. The van der Waals surface area contributed by atoms with Crippen molar-refractivity contribution in [2.75, 3.05) is 6.54 Å². The van der Waals surface area contributed by atoms with E-state index in [1.807, 2.05) is 42.2 Å². The number of fused-ring (bicyclic) bond motifs is 1. The molecule has 1 aliphatic rings. The molecule has 0 spiro atoms. The molecule has 0 radical (unpaired) electrons. The number of amides is 1. The maximum atomic E-state index is 13.1. The molecule has 1 N–H and O–H groups in total. The fourth-order valence-corrected chi connectivity index (χ4v) is 4.62. The lowest BCUT2D eigenvalue weighted by molar-refractivity contribution is 0.0727. The van der Waals surface area contributed by atoms with Crippen LogP contribution in [0, 0.1) is 6.92 Å². The molecule has 0 fully saturated rings. The van der Waals surface area contributed by atoms with Crippen molar-refractivity contribution in [2.45, 2.75) is 19.9 Å². The smallest absolute Gasteiger partial charge is 0.349 e. The first-order valence-corrected chi connectivity index (χ1v) is 11.9. The van der Waals surface area contributed by atoms with Gasteiger partial charge in [0.25, 0.3) is 11.5 Å². The van der Waals surface area contributed by atoms with Gasteiger partial charge in [0.2, 0.25) is 0 Å². The Morgan fingerprint density at radius 3 is 2.42 bits per heavy atom. The molecule has 36 heavy (non-hydrogen) atoms. The summed E-state index contributed by atoms with van der Waals surface area (Å²) in [5.74, 6) is 0.648. The number of aromatic amines is 1. The largest absolute Gasteiger partial charge is 0.454 e. The molecule has 1 amide bonds. The molecule has 0 atom stereocenters. The highest BCUT2D eigenvalue weighted by molar-refractivity contribution is 6.37. The van der Waals surface area contributed by atoms with Crippen LogP contribution >= 0.6 is 23.2 Å². The third kappa shape index (κ3) is 4.78. The van der Waals surface area contributed by atoms with Crippen molar-refractivity contribution >= 4 is 29.1 Å². The number of aromatic nitrogens is 3. The van der Waals surface area contributed by atoms with Crippen LogP contribution in [0.5, 0.6) is 11.5 Å². The van der Waals surface area contributed by atoms with Gasteiger partial charge in [-0.1, -0.05) is 53.0 Å². The molecule has 0 unspecified atom stereocenters. The monoisotopic (exact) mass is 522 g/mol. The summed E-state index contributed by atoms with van der Waals surface area (Å²) in [6.07, 6.45) is 1.66. The van der Waals surface area contributed by atoms with E-state index in [4.69, 9.17) is 27.9 Å². The molecule has 0 saturated carbocycles. The van der Waals surface area contributed by atoms with Crippen LogP contribution in [0.4, 0.5) is 0 Å². The number of carbonyl (C=O) groups is 1. The standard InChI is InChI=1S/C26H20Cl2N4O4/c1-15-2-4-16(5-3-15)14-31-9-8-17-10-19(6-7-20(17)25(31)34)36-24-21(27)11-18(12-22(24)28)32-26(35)30-23(33)13-29-32/h2-7,10-13H,8-9,14H2,1H3,(H,30,33,35). The van der Waals surface area contributed by atoms with E-state index in [2.05, 4.69) is 10.1 Å². The Morgan fingerprint density at radius 1 is 1.00 bits per heavy atom. The predicted molar refractivity (Wildman–Crippen MR) is 137 cm³/mol. The second-order valence-corrected chi connectivity index (χ2v) is 9.29. The van der Waals surface area contributed by atoms with Gasteiger partial charge >= 0.3 is 5.69 Å². The summed E-state index contributed by atoms with van der Waals surface area (Å²) in [4.78, 5) is 40.3. The molecule has 0 aliphatic carbocycles. The van der Waals surface area contributed by atoms with Gasteiger partial charge < -0.3 is 9.64 Å². The SMILES string of the molecule is Cc1ccc(CN2CCc3cc(Oc4c(Cl)cc(-n5ncc(=O)[nH]c5=O)cc4Cl)ccc3C2=O)cc1. The molecular weight excluding hydrogens is 503 g/mol. The molecule has 182 valence electrons. The topological polar surface area (TPSA) is 97.3 Å². The van der Waals surface area contributed by atoms with Gasteiger partial charge in [-0.2, -0.15) is 9.78 Å². The van der Waals surface area contributed by atoms with Gasteiger partial charge in [0.05, 0.1) is 15.7 Å². The van der Waals surface area contributed by atoms with Gasteiger partial charge in [0, 0.05) is 18.7 Å². The number of halogens is 2. The minimum Gasteiger partial charge on any atom is -0.454 e. The van der Waals surface area contributed by atoms with Crippen molar-refractivity contribution in [3.63, 3.8) is 0 Å². The number of aryl methyl sites for hydroxylation is 1. The molecule has 0 saturated heterocycles. The van der Waals surface area contributed by atoms with Crippen molar-refractivity contribution in [1.82, 2.24) is 19.7 Å². The Hall–Kier alpha value is -3.88. The van der Waals surface area contributed by atoms with Crippen LogP contribution in [0.3, 0.4) is 0 Å². The Bertz CT molecular complexity index is 1570. The lowest BCUT2D eigenvalue weighted by Gasteiger charge is -2.29. The van der Waals surface area contributed by atoms with E-state index in [9.17, 15) is 14.4 Å². The van der Waals surface area contributed by atoms with Crippen LogP contribution in [0.1, 0.15) is 27.0 Å². The number of hydrogen-bond acceptors (Lipinski definition) is 5. The molecule has 0 bridgehead atoms. The summed E-state index contributed by atoms with van der Waals surface area (Å²) >= 11 is 12.8. The normalized spacial score (nSPS) is 13.0. The number of hydrogen-bond donors (Lipinski definition) is 1. The van der Waals surface area contributed by atoms with Crippen LogP contribution in [0.2, 0.25) is 10.0 Å². The highest BCUT2D eigenvalue weighted by atomic mass is 35.5. The third-order valence-electron chi connectivity index (χ3n) is 5.90. The van der Waals surface area contributed by atoms with E-state index in [1.54, 1.807) is 12.1 Å². The maximum absolute atomic E-state index is 13.1. The Morgan fingerprint density at radius 2 is 1.72 bits per heavy atom. The van der Waals surface area contributed by atoms with Crippen molar-refractivity contribution in [3.8, 4) is 17.2 Å². The first-order chi connectivity index (χ1) is 17.3. The number of nitrogens with one attached hydrogen (secondary N) is 1. The number of carbonyl (C=O) groups excluding carboxylic acids is 1. The summed E-state index contributed by atoms with van der Waals surface area (Å²) in [7, 11) is 0. The number of benzene rings is 3. The average Bonchev–Trinajstić information content (AvgIpc) is 2.84. The molecule has 4 aromatic rings. The van der Waals surface area contributed by atoms with E-state index >= 15 is 0 Å². The highest BCUT2D eigenvalue weighted by Gasteiger charge is 2.25. The Balaban J connectivity index is 1.36. The zero-order valence-electron chi connectivity index (χ0n) is 19.1. The van der Waals surface area contributed by atoms with Gasteiger partial charge in [-0.05, 0) is 54.8 Å². The van der Waals surface area contributed by atoms with Crippen LogP contribution in [0.15, 0.2) is 70.4 Å². The summed E-state index contributed by atoms with van der Waals surface area (Å²) in [5.41, 5.74) is 2.71. The molecule has 3 aromatic carbocycles. The molecule has 5 rings (SSSR count). The molecule has 2 heterocycles. The minimum atomic E-state index is -0.723. The Kier molecular flexibility index (Phi) is 6.38. The van der Waals surface area contributed by atoms with E-state index in [1.165, 1.54) is 17.7 Å². The third-order valence-corrected chi connectivity index (χ3v) is 6.46. The van der Waals surface area contributed by atoms with Crippen molar-refractivity contribution in [2.24, 2.45) is 0 Å². The zero-order valence-corrected chi connectivity index (χ0v) is 20.6. The van der Waals surface area contributed by atoms with E-state index < -0.39 is 11.2 Å². The fourth-order valence-electron chi connectivity index (χ4n) is 4.06. The molecule has 1 aliphatic heterocycles. The van der Waals surface area contributed by atoms with Gasteiger partial charge in [-0.15, -0.1) is 0 Å². The zero-order chi connectivity index (χ0) is 25.4. The summed E-state index contributed by atoms with van der Waals surface area (Å²) < 4.78 is 6.93. The van der Waals surface area contributed by atoms with Crippen molar-refractivity contribution in [3.05, 3.63) is 114 Å². The second kappa shape index (κ2) is 9.64. The average molecular weight is 523 g/mol. The van der Waals surface area contributed by atoms with Gasteiger partial charge in [0.1, 0.15) is 11.9 Å². The van der Waals surface area contributed by atoms with E-state index in [0.717, 1.165) is 22.0 Å². The fraction of sp³-hybridized carbons (Fsp3) is 0.154. The first kappa shape index (κ1) is 23.8. The van der Waals surface area contributed by atoms with Gasteiger partial charge in [0.15, 0.2) is 5.75 Å². The molecular formula is C26H20Cl2N4O4. The highest BCUT2D eigenvalue weighted by Crippen LogP contribution is 2.38. The van der Waals surface area contributed by atoms with Gasteiger partial charge in [-0.25, -0.2) is 4.79 Å². The van der Waals surface area contributed by atoms with E-state index in [-0.39, 0.29) is 27.4 Å². The predicted octanol–water partition coefficient (Wildman–Crippen LogP) is 4.53.